The molecule has 0 saturated heterocycles. The largest absolute Gasteiger partial charge is 0.474 e. The maximum absolute atomic E-state index is 11.5. The summed E-state index contributed by atoms with van der Waals surface area (Å²) in [5, 5.41) is 9.10. The van der Waals surface area contributed by atoms with Gasteiger partial charge >= 0.3 is 0 Å². The molecule has 106 valence electrons. The summed E-state index contributed by atoms with van der Waals surface area (Å²) in [6, 6.07) is 1.41. The number of nitrogens with zero attached hydrogens (tertiary/aromatic N) is 1. The third-order valence-corrected chi connectivity index (χ3v) is 3.62. The van der Waals surface area contributed by atoms with Crippen LogP contribution in [0.1, 0.15) is 51.3 Å². The molecule has 0 bridgehead atoms. The molecule has 1 fully saturated rings. The van der Waals surface area contributed by atoms with Crippen molar-refractivity contribution in [2.45, 2.75) is 51.6 Å². The number of aliphatic hydroxyl groups excluding tert-OH is 1. The number of H-pyrrole nitrogens is 1. The molecule has 2 rings (SSSR count). The molecule has 5 nitrogen and oxygen atoms in total. The minimum atomic E-state index is -0.169. The van der Waals surface area contributed by atoms with Gasteiger partial charge in [-0.05, 0) is 31.6 Å². The van der Waals surface area contributed by atoms with Crippen LogP contribution >= 0.6 is 0 Å². The van der Waals surface area contributed by atoms with Gasteiger partial charge in [-0.25, -0.2) is 0 Å². The van der Waals surface area contributed by atoms with E-state index in [0.29, 0.717) is 17.6 Å². The van der Waals surface area contributed by atoms with Gasteiger partial charge in [0.15, 0.2) is 0 Å². The lowest BCUT2D eigenvalue weighted by molar-refractivity contribution is 0.100. The second kappa shape index (κ2) is 6.19. The van der Waals surface area contributed by atoms with Gasteiger partial charge in [0, 0.05) is 12.5 Å². The molecule has 0 atom stereocenters. The zero-order chi connectivity index (χ0) is 13.8. The van der Waals surface area contributed by atoms with E-state index < -0.39 is 0 Å². The van der Waals surface area contributed by atoms with Gasteiger partial charge in [0.2, 0.25) is 5.88 Å². The predicted molar refractivity (Wildman–Crippen MR) is 72.4 cm³/mol. The Morgan fingerprint density at radius 1 is 1.42 bits per heavy atom. The molecule has 0 unspecified atom stereocenters. The number of hydrogen-bond donors (Lipinski definition) is 2. The zero-order valence-electron chi connectivity index (χ0n) is 11.6. The average Bonchev–Trinajstić information content (AvgIpc) is 2.39. The number of aliphatic hydroxyl groups is 1. The molecule has 1 saturated carbocycles. The van der Waals surface area contributed by atoms with Crippen molar-refractivity contribution in [2.75, 3.05) is 6.61 Å². The molecule has 19 heavy (non-hydrogen) atoms. The van der Waals surface area contributed by atoms with Crippen LogP contribution in [0.3, 0.4) is 0 Å². The van der Waals surface area contributed by atoms with Gasteiger partial charge in [0.05, 0.1) is 6.07 Å². The van der Waals surface area contributed by atoms with Gasteiger partial charge in [-0.3, -0.25) is 4.79 Å². The van der Waals surface area contributed by atoms with Gasteiger partial charge in [0.25, 0.3) is 5.56 Å². The van der Waals surface area contributed by atoms with E-state index in [1.807, 2.05) is 13.8 Å². The van der Waals surface area contributed by atoms with Crippen LogP contribution in [0.2, 0.25) is 0 Å². The Hall–Kier alpha value is -1.36. The minimum Gasteiger partial charge on any atom is -0.474 e. The lowest BCUT2D eigenvalue weighted by Crippen LogP contribution is -2.26. The number of nitrogens with one attached hydrogen (secondary N) is 1. The monoisotopic (exact) mass is 266 g/mol. The summed E-state index contributed by atoms with van der Waals surface area (Å²) in [5.41, 5.74) is -0.169. The second-order valence-corrected chi connectivity index (χ2v) is 5.57. The van der Waals surface area contributed by atoms with Crippen molar-refractivity contribution in [1.29, 1.82) is 0 Å². The van der Waals surface area contributed by atoms with E-state index in [9.17, 15) is 4.79 Å². The molecule has 1 aromatic rings. The van der Waals surface area contributed by atoms with Crippen LogP contribution in [0.25, 0.3) is 0 Å². The van der Waals surface area contributed by atoms with Crippen LogP contribution in [0.4, 0.5) is 0 Å². The highest BCUT2D eigenvalue weighted by Gasteiger charge is 2.22. The lowest BCUT2D eigenvalue weighted by Gasteiger charge is -2.27. The lowest BCUT2D eigenvalue weighted by atomic mass is 9.88. The van der Waals surface area contributed by atoms with Gasteiger partial charge in [-0.15, -0.1) is 0 Å². The van der Waals surface area contributed by atoms with E-state index in [1.54, 1.807) is 0 Å². The summed E-state index contributed by atoms with van der Waals surface area (Å²) >= 11 is 0. The molecule has 1 aliphatic rings. The Balaban J connectivity index is 2.01. The highest BCUT2D eigenvalue weighted by molar-refractivity contribution is 5.11. The number of aromatic nitrogens is 2. The van der Waals surface area contributed by atoms with E-state index in [4.69, 9.17) is 9.84 Å². The molecule has 1 heterocycles. The Labute approximate surface area is 113 Å². The summed E-state index contributed by atoms with van der Waals surface area (Å²) in [5.74, 6) is 1.64. The maximum Gasteiger partial charge on any atom is 0.254 e. The molecule has 0 aliphatic heterocycles. The molecule has 0 aromatic carbocycles. The number of aromatic amines is 1. The fourth-order valence-electron chi connectivity index (χ4n) is 2.39. The number of ether oxygens (including phenoxy) is 1. The predicted octanol–water partition coefficient (Wildman–Crippen LogP) is 1.82. The molecular formula is C14H22N2O3. The summed E-state index contributed by atoms with van der Waals surface area (Å²) in [7, 11) is 0. The van der Waals surface area contributed by atoms with Crippen molar-refractivity contribution < 1.29 is 9.84 Å². The van der Waals surface area contributed by atoms with E-state index in [2.05, 4.69) is 9.97 Å². The molecule has 1 aromatic heterocycles. The standard InChI is InChI=1S/C14H22N2O3/c1-9(2)14-15-12(18)7-13(16-14)19-11-5-3-10(8-17)4-6-11/h7,9-11,17H,3-6,8H2,1-2H3,(H,15,16,18). The molecule has 0 radical (unpaired) electrons. The first-order chi connectivity index (χ1) is 9.08. The van der Waals surface area contributed by atoms with Crippen molar-refractivity contribution in [2.24, 2.45) is 5.92 Å². The van der Waals surface area contributed by atoms with E-state index in [-0.39, 0.29) is 24.2 Å². The smallest absolute Gasteiger partial charge is 0.254 e. The summed E-state index contributed by atoms with van der Waals surface area (Å²) < 4.78 is 5.81. The average molecular weight is 266 g/mol. The quantitative estimate of drug-likeness (QED) is 0.871. The Morgan fingerprint density at radius 2 is 2.11 bits per heavy atom. The first-order valence-corrected chi connectivity index (χ1v) is 6.97. The SMILES string of the molecule is CC(C)c1nc(OC2CCC(CO)CC2)cc(=O)[nH]1. The van der Waals surface area contributed by atoms with Crippen molar-refractivity contribution >= 4 is 0 Å². The molecule has 0 spiro atoms. The zero-order valence-corrected chi connectivity index (χ0v) is 11.6. The molecule has 1 aliphatic carbocycles. The fourth-order valence-corrected chi connectivity index (χ4v) is 2.39. The topological polar surface area (TPSA) is 75.2 Å². The van der Waals surface area contributed by atoms with Crippen molar-refractivity contribution in [3.63, 3.8) is 0 Å². The highest BCUT2D eigenvalue weighted by Crippen LogP contribution is 2.26. The fraction of sp³-hybridized carbons (Fsp3) is 0.714. The third-order valence-electron chi connectivity index (χ3n) is 3.62. The minimum absolute atomic E-state index is 0.108. The van der Waals surface area contributed by atoms with Crippen molar-refractivity contribution in [3.8, 4) is 5.88 Å². The Kier molecular flexibility index (Phi) is 4.58. The van der Waals surface area contributed by atoms with Gasteiger partial charge in [-0.2, -0.15) is 4.98 Å². The Bertz CT molecular complexity index is 462. The first-order valence-electron chi connectivity index (χ1n) is 6.97. The van der Waals surface area contributed by atoms with Gasteiger partial charge in [-0.1, -0.05) is 13.8 Å². The van der Waals surface area contributed by atoms with Crippen LogP contribution in [-0.4, -0.2) is 27.8 Å². The number of hydrogen-bond acceptors (Lipinski definition) is 4. The highest BCUT2D eigenvalue weighted by atomic mass is 16.5. The van der Waals surface area contributed by atoms with Crippen LogP contribution in [0.5, 0.6) is 5.88 Å². The third kappa shape index (κ3) is 3.80. The summed E-state index contributed by atoms with van der Waals surface area (Å²) in [4.78, 5) is 18.6. The van der Waals surface area contributed by atoms with Crippen LogP contribution in [0, 0.1) is 5.92 Å². The molecule has 0 amide bonds. The summed E-state index contributed by atoms with van der Waals surface area (Å²) in [6.45, 7) is 4.22. The number of rotatable bonds is 4. The molecule has 5 heteroatoms. The normalized spacial score (nSPS) is 23.6. The Morgan fingerprint density at radius 3 is 2.68 bits per heavy atom. The van der Waals surface area contributed by atoms with Crippen LogP contribution in [-0.2, 0) is 0 Å². The van der Waals surface area contributed by atoms with Gasteiger partial charge < -0.3 is 14.8 Å². The van der Waals surface area contributed by atoms with Crippen molar-refractivity contribution in [3.05, 3.63) is 22.2 Å². The van der Waals surface area contributed by atoms with Crippen molar-refractivity contribution in [1.82, 2.24) is 9.97 Å². The summed E-state index contributed by atoms with van der Waals surface area (Å²) in [6.07, 6.45) is 3.88. The first kappa shape index (κ1) is 14.1. The van der Waals surface area contributed by atoms with Gasteiger partial charge in [0.1, 0.15) is 11.9 Å². The molecule has 2 N–H and O–H groups in total. The van der Waals surface area contributed by atoms with Crippen LogP contribution in [0.15, 0.2) is 10.9 Å². The van der Waals surface area contributed by atoms with Crippen LogP contribution < -0.4 is 10.3 Å². The van der Waals surface area contributed by atoms with E-state index in [0.717, 1.165) is 25.7 Å². The van der Waals surface area contributed by atoms with E-state index in [1.165, 1.54) is 6.07 Å². The second-order valence-electron chi connectivity index (χ2n) is 5.57. The maximum atomic E-state index is 11.5. The van der Waals surface area contributed by atoms with E-state index >= 15 is 0 Å². The molecular weight excluding hydrogens is 244 g/mol.